The van der Waals surface area contributed by atoms with Crippen LogP contribution in [0, 0.1) is 0 Å². The van der Waals surface area contributed by atoms with Gasteiger partial charge in [0.25, 0.3) is 5.89 Å². The Hall–Kier alpha value is -0.980. The van der Waals surface area contributed by atoms with Gasteiger partial charge in [-0.05, 0) is 13.8 Å². The molecule has 0 spiro atoms. The first-order chi connectivity index (χ1) is 7.27. The maximum atomic E-state index is 5.77. The average molecular weight is 215 g/mol. The molecule has 1 unspecified atom stereocenters. The minimum atomic E-state index is -0.343. The Bertz CT molecular complexity index is 277. The lowest BCUT2D eigenvalue weighted by atomic mass is 10.3. The number of hydrogen-bond donors (Lipinski definition) is 1. The Morgan fingerprint density at radius 2 is 2.07 bits per heavy atom. The zero-order valence-corrected chi connectivity index (χ0v) is 9.10. The molecular formula is C9H17N3O3. The van der Waals surface area contributed by atoms with Crippen molar-refractivity contribution in [3.8, 4) is 0 Å². The van der Waals surface area contributed by atoms with Gasteiger partial charge in [0.2, 0.25) is 0 Å². The van der Waals surface area contributed by atoms with E-state index in [0.29, 0.717) is 38.1 Å². The van der Waals surface area contributed by atoms with Gasteiger partial charge in [-0.1, -0.05) is 5.16 Å². The van der Waals surface area contributed by atoms with E-state index >= 15 is 0 Å². The fourth-order valence-corrected chi connectivity index (χ4v) is 0.986. The summed E-state index contributed by atoms with van der Waals surface area (Å²) < 4.78 is 15.2. The molecule has 2 N–H and O–H groups in total. The monoisotopic (exact) mass is 215 g/mol. The molecule has 1 aromatic heterocycles. The number of hydrogen-bond acceptors (Lipinski definition) is 6. The highest BCUT2D eigenvalue weighted by atomic mass is 16.5. The van der Waals surface area contributed by atoms with Gasteiger partial charge in [-0.25, -0.2) is 0 Å². The summed E-state index contributed by atoms with van der Waals surface area (Å²) in [6, 6.07) is -0.343. The van der Waals surface area contributed by atoms with E-state index in [4.69, 9.17) is 19.7 Å². The fraction of sp³-hybridized carbons (Fsp3) is 0.778. The van der Waals surface area contributed by atoms with Crippen LogP contribution in [0.25, 0.3) is 0 Å². The molecule has 1 aromatic rings. The van der Waals surface area contributed by atoms with Crippen molar-refractivity contribution in [3.05, 3.63) is 11.7 Å². The minimum Gasteiger partial charge on any atom is -0.380 e. The van der Waals surface area contributed by atoms with Crippen molar-refractivity contribution in [1.82, 2.24) is 10.1 Å². The van der Waals surface area contributed by atoms with E-state index in [1.165, 1.54) is 0 Å². The fourth-order valence-electron chi connectivity index (χ4n) is 0.986. The molecule has 15 heavy (non-hydrogen) atoms. The predicted octanol–water partition coefficient (Wildman–Crippen LogP) is 0.642. The number of nitrogens with zero attached hydrogens (tertiary/aromatic N) is 2. The Morgan fingerprint density at radius 3 is 2.73 bits per heavy atom. The molecule has 0 saturated heterocycles. The topological polar surface area (TPSA) is 83.4 Å². The summed E-state index contributed by atoms with van der Waals surface area (Å²) in [6.45, 7) is 5.76. The van der Waals surface area contributed by atoms with Crippen LogP contribution in [-0.2, 0) is 16.1 Å². The van der Waals surface area contributed by atoms with E-state index in [9.17, 15) is 0 Å². The summed E-state index contributed by atoms with van der Waals surface area (Å²) in [7, 11) is 0. The third-order valence-corrected chi connectivity index (χ3v) is 1.75. The number of rotatable bonds is 7. The largest absolute Gasteiger partial charge is 0.380 e. The van der Waals surface area contributed by atoms with Gasteiger partial charge in [0.1, 0.15) is 6.61 Å². The zero-order chi connectivity index (χ0) is 11.1. The highest BCUT2D eigenvalue weighted by molar-refractivity contribution is 4.92. The summed E-state index contributed by atoms with van der Waals surface area (Å²) >= 11 is 0. The third-order valence-electron chi connectivity index (χ3n) is 1.75. The molecule has 0 fully saturated rings. The van der Waals surface area contributed by atoms with Crippen molar-refractivity contribution < 1.29 is 14.0 Å². The SMILES string of the molecule is CCOCc1nc(C(N)COCC)no1. The lowest BCUT2D eigenvalue weighted by Crippen LogP contribution is -2.18. The molecule has 0 aliphatic heterocycles. The quantitative estimate of drug-likeness (QED) is 0.718. The summed E-state index contributed by atoms with van der Waals surface area (Å²) in [6.07, 6.45) is 0. The molecular weight excluding hydrogens is 198 g/mol. The first-order valence-corrected chi connectivity index (χ1v) is 5.01. The predicted molar refractivity (Wildman–Crippen MR) is 53.0 cm³/mol. The van der Waals surface area contributed by atoms with E-state index in [1.807, 2.05) is 13.8 Å². The van der Waals surface area contributed by atoms with Crippen molar-refractivity contribution in [1.29, 1.82) is 0 Å². The van der Waals surface area contributed by atoms with Crippen LogP contribution >= 0.6 is 0 Å². The van der Waals surface area contributed by atoms with Crippen molar-refractivity contribution >= 4 is 0 Å². The van der Waals surface area contributed by atoms with Crippen LogP contribution in [0.5, 0.6) is 0 Å². The molecule has 0 aromatic carbocycles. The summed E-state index contributed by atoms with van der Waals surface area (Å²) in [4.78, 5) is 4.09. The van der Waals surface area contributed by atoms with E-state index in [2.05, 4.69) is 10.1 Å². The molecule has 0 aliphatic rings. The molecule has 1 heterocycles. The van der Waals surface area contributed by atoms with Crippen LogP contribution in [-0.4, -0.2) is 30.0 Å². The standard InChI is InChI=1S/C9H17N3O3/c1-3-13-5-7(10)9-11-8(15-12-9)6-14-4-2/h7H,3-6,10H2,1-2H3. The van der Waals surface area contributed by atoms with Gasteiger partial charge in [0.05, 0.1) is 12.6 Å². The molecule has 0 bridgehead atoms. The normalized spacial score (nSPS) is 13.0. The van der Waals surface area contributed by atoms with Gasteiger partial charge in [0.15, 0.2) is 5.82 Å². The Labute approximate surface area is 88.7 Å². The van der Waals surface area contributed by atoms with Crippen molar-refractivity contribution in [2.75, 3.05) is 19.8 Å². The summed E-state index contributed by atoms with van der Waals surface area (Å²) in [5.41, 5.74) is 5.77. The molecule has 6 heteroatoms. The Morgan fingerprint density at radius 1 is 1.33 bits per heavy atom. The van der Waals surface area contributed by atoms with Gasteiger partial charge in [-0.3, -0.25) is 0 Å². The van der Waals surface area contributed by atoms with Gasteiger partial charge in [-0.15, -0.1) is 0 Å². The molecule has 6 nitrogen and oxygen atoms in total. The molecule has 1 rings (SSSR count). The van der Waals surface area contributed by atoms with Crippen LogP contribution in [0.1, 0.15) is 31.6 Å². The molecule has 0 aliphatic carbocycles. The van der Waals surface area contributed by atoms with Gasteiger partial charge >= 0.3 is 0 Å². The first kappa shape index (κ1) is 12.1. The van der Waals surface area contributed by atoms with Gasteiger partial charge in [0, 0.05) is 13.2 Å². The van der Waals surface area contributed by atoms with Crippen LogP contribution < -0.4 is 5.73 Å². The highest BCUT2D eigenvalue weighted by Gasteiger charge is 2.13. The zero-order valence-electron chi connectivity index (χ0n) is 9.10. The van der Waals surface area contributed by atoms with Crippen LogP contribution in [0.3, 0.4) is 0 Å². The molecule has 1 atom stereocenters. The van der Waals surface area contributed by atoms with E-state index in [-0.39, 0.29) is 6.04 Å². The maximum Gasteiger partial charge on any atom is 0.252 e. The first-order valence-electron chi connectivity index (χ1n) is 5.01. The Kier molecular flexibility index (Phi) is 5.23. The molecule has 0 amide bonds. The van der Waals surface area contributed by atoms with Crippen molar-refractivity contribution in [2.45, 2.75) is 26.5 Å². The number of nitrogens with two attached hydrogens (primary N) is 1. The molecule has 0 saturated carbocycles. The van der Waals surface area contributed by atoms with Gasteiger partial charge < -0.3 is 19.7 Å². The maximum absolute atomic E-state index is 5.77. The smallest absolute Gasteiger partial charge is 0.252 e. The lowest BCUT2D eigenvalue weighted by Gasteiger charge is -2.05. The van der Waals surface area contributed by atoms with Gasteiger partial charge in [-0.2, -0.15) is 4.98 Å². The number of aromatic nitrogens is 2. The van der Waals surface area contributed by atoms with E-state index in [1.54, 1.807) is 0 Å². The minimum absolute atomic E-state index is 0.324. The number of ether oxygens (including phenoxy) is 2. The lowest BCUT2D eigenvalue weighted by molar-refractivity contribution is 0.109. The van der Waals surface area contributed by atoms with Crippen LogP contribution in [0.4, 0.5) is 0 Å². The van der Waals surface area contributed by atoms with Crippen LogP contribution in [0.2, 0.25) is 0 Å². The highest BCUT2D eigenvalue weighted by Crippen LogP contribution is 2.07. The second kappa shape index (κ2) is 6.49. The van der Waals surface area contributed by atoms with Crippen molar-refractivity contribution in [2.24, 2.45) is 5.73 Å². The average Bonchev–Trinajstić information content (AvgIpc) is 2.71. The summed E-state index contributed by atoms with van der Waals surface area (Å²) in [5, 5.41) is 3.75. The Balaban J connectivity index is 2.43. The second-order valence-electron chi connectivity index (χ2n) is 2.95. The molecule has 0 radical (unpaired) electrons. The second-order valence-corrected chi connectivity index (χ2v) is 2.95. The molecule has 86 valence electrons. The summed E-state index contributed by atoms with van der Waals surface area (Å²) in [5.74, 6) is 0.900. The van der Waals surface area contributed by atoms with E-state index in [0.717, 1.165) is 0 Å². The van der Waals surface area contributed by atoms with E-state index < -0.39 is 0 Å². The third kappa shape index (κ3) is 3.94. The van der Waals surface area contributed by atoms with Crippen molar-refractivity contribution in [3.63, 3.8) is 0 Å². The van der Waals surface area contributed by atoms with Crippen LogP contribution in [0.15, 0.2) is 4.52 Å².